The molecular weight excluding hydrogens is 338 g/mol. The summed E-state index contributed by atoms with van der Waals surface area (Å²) in [4.78, 5) is 12.2. The van der Waals surface area contributed by atoms with Crippen molar-refractivity contribution < 1.29 is 17.9 Å². The highest BCUT2D eigenvalue weighted by atomic mass is 35.5. The zero-order valence-corrected chi connectivity index (χ0v) is 15.9. The Bertz CT molecular complexity index is 660. The first kappa shape index (κ1) is 19.9. The number of hydrogen-bond donors (Lipinski definition) is 1. The van der Waals surface area contributed by atoms with Crippen LogP contribution in [-0.2, 0) is 19.6 Å². The molecule has 0 bridgehead atoms. The normalized spacial score (nSPS) is 14.4. The first-order valence-corrected chi connectivity index (χ1v) is 9.05. The summed E-state index contributed by atoms with van der Waals surface area (Å²) < 4.78 is 31.6. The third kappa shape index (κ3) is 4.46. The predicted molar refractivity (Wildman–Crippen MR) is 91.8 cm³/mol. The Morgan fingerprint density at radius 3 is 2.00 bits per heavy atom. The average Bonchev–Trinajstić information content (AvgIpc) is 2.43. The van der Waals surface area contributed by atoms with Crippen molar-refractivity contribution in [3.05, 3.63) is 34.9 Å². The Labute approximate surface area is 143 Å². The number of sulfonamides is 1. The summed E-state index contributed by atoms with van der Waals surface area (Å²) in [5.74, 6) is -0.506. The zero-order valence-electron chi connectivity index (χ0n) is 14.3. The van der Waals surface area contributed by atoms with E-state index in [-0.39, 0.29) is 0 Å². The summed E-state index contributed by atoms with van der Waals surface area (Å²) >= 11 is 5.90. The molecule has 0 heterocycles. The summed E-state index contributed by atoms with van der Waals surface area (Å²) in [5, 5.41) is 0.530. The lowest BCUT2D eigenvalue weighted by molar-refractivity contribution is -0.152. The summed E-state index contributed by atoms with van der Waals surface area (Å²) in [7, 11) is -2.39. The Hall–Kier alpha value is -1.11. The number of nitrogens with one attached hydrogen (secondary N) is 1. The highest BCUT2D eigenvalue weighted by Crippen LogP contribution is 2.36. The second kappa shape index (κ2) is 6.79. The van der Waals surface area contributed by atoms with Crippen LogP contribution in [0.15, 0.2) is 24.3 Å². The van der Waals surface area contributed by atoms with Crippen molar-refractivity contribution in [2.75, 3.05) is 7.11 Å². The van der Waals surface area contributed by atoms with Gasteiger partial charge in [0.15, 0.2) is 0 Å². The minimum Gasteiger partial charge on any atom is -0.469 e. The smallest absolute Gasteiger partial charge is 0.313 e. The highest BCUT2D eigenvalue weighted by Gasteiger charge is 2.43. The molecule has 0 saturated heterocycles. The van der Waals surface area contributed by atoms with Crippen LogP contribution in [0, 0.1) is 5.41 Å². The average molecular weight is 362 g/mol. The van der Waals surface area contributed by atoms with Gasteiger partial charge in [-0.2, -0.15) is 0 Å². The molecule has 1 atom stereocenters. The summed E-state index contributed by atoms with van der Waals surface area (Å²) in [6, 6.07) is 5.92. The van der Waals surface area contributed by atoms with Crippen LogP contribution < -0.4 is 4.72 Å². The van der Waals surface area contributed by atoms with Crippen molar-refractivity contribution in [3.8, 4) is 0 Å². The van der Waals surface area contributed by atoms with E-state index in [0.717, 1.165) is 0 Å². The molecule has 23 heavy (non-hydrogen) atoms. The van der Waals surface area contributed by atoms with Crippen LogP contribution in [0.5, 0.6) is 0 Å². The molecule has 130 valence electrons. The molecule has 5 nitrogen and oxygen atoms in total. The van der Waals surface area contributed by atoms with Crippen LogP contribution in [0.2, 0.25) is 5.02 Å². The van der Waals surface area contributed by atoms with Gasteiger partial charge in [-0.15, -0.1) is 0 Å². The van der Waals surface area contributed by atoms with Gasteiger partial charge in [-0.05, 0) is 52.3 Å². The van der Waals surface area contributed by atoms with Gasteiger partial charge in [-0.25, -0.2) is 13.1 Å². The number of esters is 1. The van der Waals surface area contributed by atoms with Gasteiger partial charge in [0, 0.05) is 5.02 Å². The molecular formula is C16H24ClNO4S. The molecule has 1 aromatic rings. The second-order valence-corrected chi connectivity index (χ2v) is 9.84. The minimum absolute atomic E-state index is 0.506. The summed E-state index contributed by atoms with van der Waals surface area (Å²) in [5.41, 5.74) is -0.460. The van der Waals surface area contributed by atoms with Crippen molar-refractivity contribution in [2.45, 2.75) is 45.4 Å². The Kier molecular flexibility index (Phi) is 5.88. The van der Waals surface area contributed by atoms with Crippen molar-refractivity contribution in [2.24, 2.45) is 5.41 Å². The third-order valence-electron chi connectivity index (χ3n) is 3.72. The molecule has 0 radical (unpaired) electrons. The van der Waals surface area contributed by atoms with Crippen molar-refractivity contribution in [3.63, 3.8) is 0 Å². The Morgan fingerprint density at radius 1 is 1.13 bits per heavy atom. The molecule has 0 aliphatic rings. The van der Waals surface area contributed by atoms with E-state index in [1.165, 1.54) is 7.11 Å². The molecule has 0 aromatic heterocycles. The number of carbonyl (C=O) groups excluding carboxylic acids is 1. The van der Waals surface area contributed by atoms with Crippen molar-refractivity contribution >= 4 is 27.6 Å². The fraction of sp³-hybridized carbons (Fsp3) is 0.562. The van der Waals surface area contributed by atoms with E-state index in [1.54, 1.807) is 58.9 Å². The van der Waals surface area contributed by atoms with Gasteiger partial charge >= 0.3 is 5.97 Å². The van der Waals surface area contributed by atoms with Crippen molar-refractivity contribution in [1.29, 1.82) is 0 Å². The SMILES string of the molecule is COC(=O)C(C)(C)[C@@H](NS(=O)(=O)C(C)(C)C)c1ccc(Cl)cc1. The molecule has 0 amide bonds. The number of methoxy groups -OCH3 is 1. The van der Waals surface area contributed by atoms with Crippen LogP contribution >= 0.6 is 11.6 Å². The standard InChI is InChI=1S/C16H24ClNO4S/c1-15(2,3)23(20,21)18-13(16(4,5)14(19)22-6)11-7-9-12(17)10-8-11/h7-10,13,18H,1-6H3/t13-/m0/s1. The maximum Gasteiger partial charge on any atom is 0.313 e. The van der Waals surface area contributed by atoms with Crippen LogP contribution in [-0.4, -0.2) is 26.2 Å². The van der Waals surface area contributed by atoms with Crippen molar-refractivity contribution in [1.82, 2.24) is 4.72 Å². The maximum absolute atomic E-state index is 12.6. The molecule has 1 rings (SSSR count). The van der Waals surface area contributed by atoms with Crippen LogP contribution in [0.1, 0.15) is 46.2 Å². The largest absolute Gasteiger partial charge is 0.469 e. The number of ether oxygens (including phenoxy) is 1. The third-order valence-corrected chi connectivity index (χ3v) is 6.13. The van der Waals surface area contributed by atoms with E-state index in [9.17, 15) is 13.2 Å². The van der Waals surface area contributed by atoms with Gasteiger partial charge in [0.25, 0.3) is 0 Å². The van der Waals surface area contributed by atoms with E-state index < -0.39 is 32.2 Å². The fourth-order valence-corrected chi connectivity index (χ4v) is 3.22. The molecule has 0 aliphatic heterocycles. The van der Waals surface area contributed by atoms with Gasteiger partial charge in [0.05, 0.1) is 23.3 Å². The summed E-state index contributed by atoms with van der Waals surface area (Å²) in [6.45, 7) is 8.07. The summed E-state index contributed by atoms with van der Waals surface area (Å²) in [6.07, 6.45) is 0. The molecule has 1 aromatic carbocycles. The first-order valence-electron chi connectivity index (χ1n) is 7.18. The van der Waals surface area contributed by atoms with Gasteiger partial charge in [0.2, 0.25) is 10.0 Å². The highest BCUT2D eigenvalue weighted by molar-refractivity contribution is 7.90. The van der Waals surface area contributed by atoms with Crippen LogP contribution in [0.3, 0.4) is 0 Å². The molecule has 0 spiro atoms. The monoisotopic (exact) mass is 361 g/mol. The fourth-order valence-electron chi connectivity index (χ4n) is 2.00. The van der Waals surface area contributed by atoms with Gasteiger partial charge in [0.1, 0.15) is 0 Å². The number of carbonyl (C=O) groups is 1. The number of halogens is 1. The van der Waals surface area contributed by atoms with E-state index in [4.69, 9.17) is 16.3 Å². The van der Waals surface area contributed by atoms with Gasteiger partial charge in [-0.3, -0.25) is 4.79 Å². The van der Waals surface area contributed by atoms with E-state index in [2.05, 4.69) is 4.72 Å². The Balaban J connectivity index is 3.39. The van der Waals surface area contributed by atoms with E-state index in [0.29, 0.717) is 10.6 Å². The van der Waals surface area contributed by atoms with Crippen LogP contribution in [0.4, 0.5) is 0 Å². The molecule has 7 heteroatoms. The molecule has 0 aliphatic carbocycles. The topological polar surface area (TPSA) is 72.5 Å². The minimum atomic E-state index is -3.67. The number of benzene rings is 1. The maximum atomic E-state index is 12.6. The molecule has 0 fully saturated rings. The van der Waals surface area contributed by atoms with E-state index in [1.807, 2.05) is 0 Å². The molecule has 0 saturated carbocycles. The van der Waals surface area contributed by atoms with Gasteiger partial charge in [-0.1, -0.05) is 23.7 Å². The van der Waals surface area contributed by atoms with Gasteiger partial charge < -0.3 is 4.74 Å². The lowest BCUT2D eigenvalue weighted by Crippen LogP contribution is -2.48. The molecule has 1 N–H and O–H groups in total. The lowest BCUT2D eigenvalue weighted by atomic mass is 9.81. The lowest BCUT2D eigenvalue weighted by Gasteiger charge is -2.34. The van der Waals surface area contributed by atoms with E-state index >= 15 is 0 Å². The zero-order chi connectivity index (χ0) is 18.1. The number of hydrogen-bond acceptors (Lipinski definition) is 4. The predicted octanol–water partition coefficient (Wildman–Crippen LogP) is 3.30. The Morgan fingerprint density at radius 2 is 1.61 bits per heavy atom. The van der Waals surface area contributed by atoms with Crippen LogP contribution in [0.25, 0.3) is 0 Å². The first-order chi connectivity index (χ1) is 10.3. The number of rotatable bonds is 5. The second-order valence-electron chi connectivity index (χ2n) is 6.93. The molecule has 0 unspecified atom stereocenters. The quantitative estimate of drug-likeness (QED) is 0.817.